The van der Waals surface area contributed by atoms with E-state index >= 15 is 0 Å². The number of hydrogen-bond donors (Lipinski definition) is 1. The van der Waals surface area contributed by atoms with Gasteiger partial charge in [0.1, 0.15) is 0 Å². The number of nitrogens with two attached hydrogens (primary N) is 1. The summed E-state index contributed by atoms with van der Waals surface area (Å²) in [6.45, 7) is 4.16. The van der Waals surface area contributed by atoms with Crippen LogP contribution < -0.4 is 5.73 Å². The number of rotatable bonds is 0. The molecular formula is C7H15NO. The quantitative estimate of drug-likeness (QED) is 0.527. The molecular weight excluding hydrogens is 114 g/mol. The van der Waals surface area contributed by atoms with Crippen LogP contribution in [-0.4, -0.2) is 18.2 Å². The van der Waals surface area contributed by atoms with Crippen molar-refractivity contribution in [3.8, 4) is 0 Å². The van der Waals surface area contributed by atoms with Gasteiger partial charge in [0.2, 0.25) is 0 Å². The van der Waals surface area contributed by atoms with E-state index in [9.17, 15) is 0 Å². The molecule has 0 aromatic rings. The maximum atomic E-state index is 5.74. The predicted molar refractivity (Wildman–Crippen MR) is 37.2 cm³/mol. The van der Waals surface area contributed by atoms with Crippen molar-refractivity contribution in [2.24, 2.45) is 5.73 Å². The molecule has 2 heteroatoms. The Kier molecular flexibility index (Phi) is 2.09. The maximum absolute atomic E-state index is 5.74. The summed E-state index contributed by atoms with van der Waals surface area (Å²) in [6, 6.07) is 0.365. The van der Waals surface area contributed by atoms with Crippen molar-refractivity contribution in [3.05, 3.63) is 0 Å². The molecule has 2 nitrogen and oxygen atoms in total. The molecule has 1 saturated heterocycles. The second-order valence-corrected chi connectivity index (χ2v) is 2.99. The molecule has 2 N–H and O–H groups in total. The molecule has 0 radical (unpaired) electrons. The van der Waals surface area contributed by atoms with Gasteiger partial charge in [0, 0.05) is 6.04 Å². The number of ether oxygens (including phenoxy) is 1. The van der Waals surface area contributed by atoms with E-state index in [0.717, 1.165) is 12.8 Å². The fourth-order valence-electron chi connectivity index (χ4n) is 1.46. The zero-order chi connectivity index (χ0) is 6.85. The Hall–Kier alpha value is -0.0800. The van der Waals surface area contributed by atoms with Crippen LogP contribution in [0.5, 0.6) is 0 Å². The van der Waals surface area contributed by atoms with E-state index in [-0.39, 0.29) is 0 Å². The topological polar surface area (TPSA) is 35.2 Å². The first kappa shape index (κ1) is 7.03. The molecule has 0 aromatic heterocycles. The van der Waals surface area contributed by atoms with Crippen molar-refractivity contribution < 1.29 is 4.74 Å². The lowest BCUT2D eigenvalue weighted by Crippen LogP contribution is -2.37. The van der Waals surface area contributed by atoms with E-state index in [0.29, 0.717) is 18.2 Å². The van der Waals surface area contributed by atoms with Crippen LogP contribution in [0, 0.1) is 0 Å². The fraction of sp³-hybridized carbons (Fsp3) is 1.00. The Morgan fingerprint density at radius 1 is 1.22 bits per heavy atom. The molecule has 1 fully saturated rings. The zero-order valence-corrected chi connectivity index (χ0v) is 6.13. The lowest BCUT2D eigenvalue weighted by Gasteiger charge is -2.29. The summed E-state index contributed by atoms with van der Waals surface area (Å²) in [5.74, 6) is 0. The first-order valence-corrected chi connectivity index (χ1v) is 3.59. The molecule has 0 aliphatic carbocycles. The Balaban J connectivity index is 2.34. The average Bonchev–Trinajstić information content (AvgIpc) is 1.59. The monoisotopic (exact) mass is 129 g/mol. The number of hydrogen-bond acceptors (Lipinski definition) is 2. The molecule has 0 spiro atoms. The van der Waals surface area contributed by atoms with Gasteiger partial charge < -0.3 is 10.5 Å². The van der Waals surface area contributed by atoms with Gasteiger partial charge in [-0.05, 0) is 26.7 Å². The van der Waals surface area contributed by atoms with Crippen molar-refractivity contribution in [2.45, 2.75) is 44.9 Å². The molecule has 0 amide bonds. The summed E-state index contributed by atoms with van der Waals surface area (Å²) in [4.78, 5) is 0. The summed E-state index contributed by atoms with van der Waals surface area (Å²) in [7, 11) is 0. The summed E-state index contributed by atoms with van der Waals surface area (Å²) in [6.07, 6.45) is 2.77. The van der Waals surface area contributed by atoms with E-state index < -0.39 is 0 Å². The molecule has 54 valence electrons. The second-order valence-electron chi connectivity index (χ2n) is 2.99. The summed E-state index contributed by atoms with van der Waals surface area (Å²) < 4.78 is 5.48. The van der Waals surface area contributed by atoms with E-state index in [1.54, 1.807) is 0 Å². The standard InChI is InChI=1S/C7H15NO/c1-5-3-7(8)4-6(2)9-5/h5-7H,3-4,8H2,1-2H3/t5-,6+,7?. The van der Waals surface area contributed by atoms with Crippen molar-refractivity contribution in [1.82, 2.24) is 0 Å². The Morgan fingerprint density at radius 2 is 1.67 bits per heavy atom. The van der Waals surface area contributed by atoms with Gasteiger partial charge in [-0.2, -0.15) is 0 Å². The van der Waals surface area contributed by atoms with E-state index in [4.69, 9.17) is 10.5 Å². The summed E-state index contributed by atoms with van der Waals surface area (Å²) in [5, 5.41) is 0. The van der Waals surface area contributed by atoms with Crippen molar-refractivity contribution >= 4 is 0 Å². The maximum Gasteiger partial charge on any atom is 0.0565 e. The lowest BCUT2D eigenvalue weighted by atomic mass is 10.0. The Morgan fingerprint density at radius 3 is 2.00 bits per heavy atom. The molecule has 1 heterocycles. The van der Waals surface area contributed by atoms with Crippen LogP contribution in [0.4, 0.5) is 0 Å². The predicted octanol–water partition coefficient (Wildman–Crippen LogP) is 0.901. The highest BCUT2D eigenvalue weighted by Gasteiger charge is 2.20. The Bertz CT molecular complexity index is 69.9. The van der Waals surface area contributed by atoms with Crippen LogP contribution in [0.15, 0.2) is 0 Å². The van der Waals surface area contributed by atoms with Gasteiger partial charge in [0.15, 0.2) is 0 Å². The second kappa shape index (κ2) is 2.67. The van der Waals surface area contributed by atoms with Crippen LogP contribution in [0.3, 0.4) is 0 Å². The van der Waals surface area contributed by atoms with Gasteiger partial charge in [-0.15, -0.1) is 0 Å². The van der Waals surface area contributed by atoms with Gasteiger partial charge >= 0.3 is 0 Å². The third kappa shape index (κ3) is 1.95. The van der Waals surface area contributed by atoms with Gasteiger partial charge in [0.25, 0.3) is 0 Å². The lowest BCUT2D eigenvalue weighted by molar-refractivity contribution is -0.0365. The highest BCUT2D eigenvalue weighted by Crippen LogP contribution is 2.16. The van der Waals surface area contributed by atoms with Crippen molar-refractivity contribution in [2.75, 3.05) is 0 Å². The highest BCUT2D eigenvalue weighted by molar-refractivity contribution is 4.74. The van der Waals surface area contributed by atoms with Crippen LogP contribution in [0.2, 0.25) is 0 Å². The van der Waals surface area contributed by atoms with E-state index in [2.05, 4.69) is 13.8 Å². The van der Waals surface area contributed by atoms with Crippen LogP contribution in [-0.2, 0) is 4.74 Å². The molecule has 9 heavy (non-hydrogen) atoms. The first-order valence-electron chi connectivity index (χ1n) is 3.59. The largest absolute Gasteiger partial charge is 0.375 e. The SMILES string of the molecule is C[C@@H]1CC(N)C[C@H](C)O1. The van der Waals surface area contributed by atoms with Gasteiger partial charge in [-0.1, -0.05) is 0 Å². The Labute approximate surface area is 56.4 Å². The molecule has 3 atom stereocenters. The highest BCUT2D eigenvalue weighted by atomic mass is 16.5. The molecule has 0 aromatic carbocycles. The smallest absolute Gasteiger partial charge is 0.0565 e. The molecule has 0 bridgehead atoms. The van der Waals surface area contributed by atoms with Crippen LogP contribution in [0.1, 0.15) is 26.7 Å². The van der Waals surface area contributed by atoms with Crippen LogP contribution in [0.25, 0.3) is 0 Å². The molecule has 1 rings (SSSR count). The molecule has 1 unspecified atom stereocenters. The third-order valence-electron chi connectivity index (χ3n) is 1.73. The van der Waals surface area contributed by atoms with Gasteiger partial charge in [-0.3, -0.25) is 0 Å². The minimum Gasteiger partial charge on any atom is -0.375 e. The molecule has 0 saturated carbocycles. The normalized spacial score (nSPS) is 45.0. The fourth-order valence-corrected chi connectivity index (χ4v) is 1.46. The minimum atomic E-state index is 0.365. The van der Waals surface area contributed by atoms with Gasteiger partial charge in [-0.25, -0.2) is 0 Å². The first-order chi connectivity index (χ1) is 4.18. The summed E-state index contributed by atoms with van der Waals surface area (Å²) >= 11 is 0. The van der Waals surface area contributed by atoms with Crippen LogP contribution >= 0.6 is 0 Å². The molecule has 1 aliphatic rings. The van der Waals surface area contributed by atoms with Gasteiger partial charge in [0.05, 0.1) is 12.2 Å². The average molecular weight is 129 g/mol. The summed E-state index contributed by atoms with van der Waals surface area (Å²) in [5.41, 5.74) is 5.74. The van der Waals surface area contributed by atoms with Crippen molar-refractivity contribution in [3.63, 3.8) is 0 Å². The minimum absolute atomic E-state index is 0.365. The van der Waals surface area contributed by atoms with E-state index in [1.165, 1.54) is 0 Å². The third-order valence-corrected chi connectivity index (χ3v) is 1.73. The van der Waals surface area contributed by atoms with Crippen molar-refractivity contribution in [1.29, 1.82) is 0 Å². The molecule has 1 aliphatic heterocycles. The zero-order valence-electron chi connectivity index (χ0n) is 6.13. The van der Waals surface area contributed by atoms with E-state index in [1.807, 2.05) is 0 Å².